The molecule has 0 rings (SSSR count). The van der Waals surface area contributed by atoms with Crippen LogP contribution in [0, 0.1) is 0 Å². The molecule has 0 saturated carbocycles. The quantitative estimate of drug-likeness (QED) is 0.223. The molecule has 0 aliphatic heterocycles. The maximum absolute atomic E-state index is 11.8. The number of hydrogen-bond acceptors (Lipinski definition) is 7. The van der Waals surface area contributed by atoms with Gasteiger partial charge in [0.25, 0.3) is 0 Å². The van der Waals surface area contributed by atoms with Crippen LogP contribution in [0.5, 0.6) is 0 Å². The minimum Gasteiger partial charge on any atom is -0.308 e. The molecule has 0 fully saturated rings. The summed E-state index contributed by atoms with van der Waals surface area (Å²) in [5.74, 6) is 0.0890. The van der Waals surface area contributed by atoms with Crippen LogP contribution in [-0.2, 0) is 9.59 Å². The van der Waals surface area contributed by atoms with Gasteiger partial charge in [0.05, 0.1) is 18.6 Å². The Morgan fingerprint density at radius 1 is 1.15 bits per heavy atom. The van der Waals surface area contributed by atoms with Crippen molar-refractivity contribution in [2.45, 2.75) is 52.0 Å². The van der Waals surface area contributed by atoms with Gasteiger partial charge in [-0.05, 0) is 39.8 Å². The molecule has 0 heterocycles. The average Bonchev–Trinajstić information content (AvgIpc) is 2.36. The first-order valence-electron chi connectivity index (χ1n) is 7.13. The van der Waals surface area contributed by atoms with Crippen molar-refractivity contribution in [2.24, 2.45) is 11.5 Å². The van der Waals surface area contributed by atoms with Crippen LogP contribution in [0.15, 0.2) is 0 Å². The standard InChI is InChI=1S/C13H29N5O2/c1-4-16-9(2)12(20)8-18-11(10(3)19)6-5-7-17-13(14)15/h9,11,13,16-18H,4-8,14-15H2,1-3H3/t9-,11-/m0/s1. The molecule has 0 aliphatic rings. The number of Topliss-reactive ketones (excluding diaryl/α,β-unsaturated/α-hetero) is 2. The number of nitrogens with two attached hydrogens (primary N) is 2. The van der Waals surface area contributed by atoms with Crippen molar-refractivity contribution in [1.82, 2.24) is 16.0 Å². The summed E-state index contributed by atoms with van der Waals surface area (Å²) < 4.78 is 0. The molecule has 118 valence electrons. The number of carbonyl (C=O) groups is 2. The topological polar surface area (TPSA) is 122 Å². The minimum atomic E-state index is -0.540. The molecule has 7 heteroatoms. The smallest absolute Gasteiger partial charge is 0.163 e. The summed E-state index contributed by atoms with van der Waals surface area (Å²) in [7, 11) is 0. The monoisotopic (exact) mass is 287 g/mol. The Morgan fingerprint density at radius 3 is 2.30 bits per heavy atom. The first-order valence-corrected chi connectivity index (χ1v) is 7.13. The predicted octanol–water partition coefficient (Wildman–Crippen LogP) is -1.33. The highest BCUT2D eigenvalue weighted by atomic mass is 16.1. The fourth-order valence-electron chi connectivity index (χ4n) is 1.82. The second-order valence-corrected chi connectivity index (χ2v) is 4.91. The normalized spacial score (nSPS) is 14.3. The minimum absolute atomic E-state index is 0.0333. The third-order valence-electron chi connectivity index (χ3n) is 3.06. The van der Waals surface area contributed by atoms with Crippen molar-refractivity contribution in [3.63, 3.8) is 0 Å². The highest BCUT2D eigenvalue weighted by molar-refractivity contribution is 5.87. The number of nitrogens with one attached hydrogen (secondary N) is 3. The molecule has 0 aromatic heterocycles. The Bertz CT molecular complexity index is 296. The van der Waals surface area contributed by atoms with Gasteiger partial charge in [0, 0.05) is 0 Å². The van der Waals surface area contributed by atoms with E-state index in [0.29, 0.717) is 13.0 Å². The Hall–Kier alpha value is -0.860. The van der Waals surface area contributed by atoms with Gasteiger partial charge in [0.15, 0.2) is 5.78 Å². The summed E-state index contributed by atoms with van der Waals surface area (Å²) in [5.41, 5.74) is 10.7. The molecule has 0 aliphatic carbocycles. The van der Waals surface area contributed by atoms with Gasteiger partial charge in [-0.2, -0.15) is 0 Å². The lowest BCUT2D eigenvalue weighted by Gasteiger charge is -2.18. The molecule has 0 aromatic carbocycles. The van der Waals surface area contributed by atoms with E-state index in [9.17, 15) is 9.59 Å². The van der Waals surface area contributed by atoms with Crippen LogP contribution in [0.3, 0.4) is 0 Å². The molecule has 0 radical (unpaired) electrons. The van der Waals surface area contributed by atoms with Crippen molar-refractivity contribution in [3.05, 3.63) is 0 Å². The number of likely N-dealkylation sites (N-methyl/N-ethyl adjacent to an activating group) is 1. The number of rotatable bonds is 12. The second kappa shape index (κ2) is 10.9. The molecule has 0 bridgehead atoms. The third kappa shape index (κ3) is 9.11. The molecule has 0 aromatic rings. The molecular formula is C13H29N5O2. The second-order valence-electron chi connectivity index (χ2n) is 4.91. The summed E-state index contributed by atoms with van der Waals surface area (Å²) in [5, 5.41) is 8.95. The van der Waals surface area contributed by atoms with Crippen LogP contribution in [0.1, 0.15) is 33.6 Å². The molecule has 2 atom stereocenters. The van der Waals surface area contributed by atoms with Gasteiger partial charge in [0.2, 0.25) is 0 Å². The highest BCUT2D eigenvalue weighted by Crippen LogP contribution is 1.98. The maximum Gasteiger partial charge on any atom is 0.163 e. The molecule has 7 N–H and O–H groups in total. The fourth-order valence-corrected chi connectivity index (χ4v) is 1.82. The van der Waals surface area contributed by atoms with Crippen molar-refractivity contribution >= 4 is 11.6 Å². The fraction of sp³-hybridized carbons (Fsp3) is 0.846. The van der Waals surface area contributed by atoms with E-state index in [4.69, 9.17) is 11.5 Å². The highest BCUT2D eigenvalue weighted by Gasteiger charge is 2.17. The zero-order valence-corrected chi connectivity index (χ0v) is 12.7. The zero-order chi connectivity index (χ0) is 15.5. The van der Waals surface area contributed by atoms with Gasteiger partial charge in [-0.1, -0.05) is 6.92 Å². The van der Waals surface area contributed by atoms with Crippen LogP contribution < -0.4 is 27.4 Å². The van der Waals surface area contributed by atoms with Gasteiger partial charge < -0.3 is 22.1 Å². The summed E-state index contributed by atoms with van der Waals surface area (Å²) in [6.07, 6.45) is 0.873. The molecule has 20 heavy (non-hydrogen) atoms. The number of carbonyl (C=O) groups excluding carboxylic acids is 2. The van der Waals surface area contributed by atoms with Crippen LogP contribution in [0.25, 0.3) is 0 Å². The number of hydrogen-bond donors (Lipinski definition) is 5. The molecule has 0 unspecified atom stereocenters. The van der Waals surface area contributed by atoms with Crippen LogP contribution in [-0.4, -0.2) is 49.6 Å². The number of ketones is 2. The van der Waals surface area contributed by atoms with Gasteiger partial charge in [-0.3, -0.25) is 14.9 Å². The predicted molar refractivity (Wildman–Crippen MR) is 80.0 cm³/mol. The van der Waals surface area contributed by atoms with Crippen LogP contribution in [0.4, 0.5) is 0 Å². The first kappa shape index (κ1) is 19.1. The first-order chi connectivity index (χ1) is 9.38. The lowest BCUT2D eigenvalue weighted by atomic mass is 10.1. The van der Waals surface area contributed by atoms with Crippen molar-refractivity contribution in [3.8, 4) is 0 Å². The summed E-state index contributed by atoms with van der Waals surface area (Å²) in [6, 6.07) is -0.499. The van der Waals surface area contributed by atoms with Crippen molar-refractivity contribution in [2.75, 3.05) is 19.6 Å². The lowest BCUT2D eigenvalue weighted by Crippen LogP contribution is -2.46. The third-order valence-corrected chi connectivity index (χ3v) is 3.06. The Labute approximate surface area is 121 Å². The summed E-state index contributed by atoms with van der Waals surface area (Å²) >= 11 is 0. The van der Waals surface area contributed by atoms with E-state index in [0.717, 1.165) is 13.0 Å². The van der Waals surface area contributed by atoms with E-state index in [1.807, 2.05) is 13.8 Å². The Balaban J connectivity index is 4.02. The van der Waals surface area contributed by atoms with Gasteiger partial charge in [-0.15, -0.1) is 0 Å². The molecule has 7 nitrogen and oxygen atoms in total. The van der Waals surface area contributed by atoms with Gasteiger partial charge >= 0.3 is 0 Å². The lowest BCUT2D eigenvalue weighted by molar-refractivity contribution is -0.121. The van der Waals surface area contributed by atoms with Crippen LogP contribution in [0.2, 0.25) is 0 Å². The van der Waals surface area contributed by atoms with Crippen molar-refractivity contribution < 1.29 is 9.59 Å². The molecule has 0 saturated heterocycles. The molecule has 0 amide bonds. The van der Waals surface area contributed by atoms with Gasteiger partial charge in [-0.25, -0.2) is 0 Å². The molecule has 0 spiro atoms. The zero-order valence-electron chi connectivity index (χ0n) is 12.7. The average molecular weight is 287 g/mol. The Morgan fingerprint density at radius 2 is 1.80 bits per heavy atom. The molecular weight excluding hydrogens is 258 g/mol. The van der Waals surface area contributed by atoms with Gasteiger partial charge in [0.1, 0.15) is 12.1 Å². The summed E-state index contributed by atoms with van der Waals surface area (Å²) in [6.45, 7) is 6.88. The van der Waals surface area contributed by atoms with Crippen molar-refractivity contribution in [1.29, 1.82) is 0 Å². The van der Waals surface area contributed by atoms with E-state index < -0.39 is 6.29 Å². The van der Waals surface area contributed by atoms with E-state index in [-0.39, 0.29) is 30.2 Å². The Kier molecular flexibility index (Phi) is 10.4. The van der Waals surface area contributed by atoms with E-state index >= 15 is 0 Å². The van der Waals surface area contributed by atoms with Crippen LogP contribution >= 0.6 is 0 Å². The SMILES string of the molecule is CCN[C@@H](C)C(=O)CN[C@@H](CCCNC(N)N)C(C)=O. The van der Waals surface area contributed by atoms with E-state index in [2.05, 4.69) is 16.0 Å². The summed E-state index contributed by atoms with van der Waals surface area (Å²) in [4.78, 5) is 23.3. The maximum atomic E-state index is 11.8. The van der Waals surface area contributed by atoms with E-state index in [1.165, 1.54) is 6.92 Å². The van der Waals surface area contributed by atoms with E-state index in [1.54, 1.807) is 0 Å². The largest absolute Gasteiger partial charge is 0.308 e.